The zero-order valence-electron chi connectivity index (χ0n) is 20.9. The number of sulfonamides is 1. The Morgan fingerprint density at radius 3 is 2.51 bits per heavy atom. The highest BCUT2D eigenvalue weighted by molar-refractivity contribution is 7.90. The Morgan fingerprint density at radius 1 is 1.22 bits per heavy atom. The summed E-state index contributed by atoms with van der Waals surface area (Å²) >= 11 is 6.23. The molecular weight excluding hydrogens is 530 g/mol. The van der Waals surface area contributed by atoms with Crippen LogP contribution in [0.25, 0.3) is 0 Å². The summed E-state index contributed by atoms with van der Waals surface area (Å²) in [5, 5.41) is -0.287. The van der Waals surface area contributed by atoms with Gasteiger partial charge in [0.15, 0.2) is 11.6 Å². The molecule has 0 aliphatic carbocycles. The number of hydrogen-bond donors (Lipinski definition) is 1. The maximum absolute atomic E-state index is 15.1. The van der Waals surface area contributed by atoms with Crippen molar-refractivity contribution >= 4 is 27.5 Å². The second-order valence-corrected chi connectivity index (χ2v) is 11.4. The number of nitrogens with one attached hydrogen (secondary N) is 1. The van der Waals surface area contributed by atoms with Crippen molar-refractivity contribution in [2.75, 3.05) is 33.9 Å². The highest BCUT2D eigenvalue weighted by atomic mass is 35.5. The van der Waals surface area contributed by atoms with Crippen molar-refractivity contribution in [1.29, 1.82) is 0 Å². The molecule has 0 spiro atoms. The van der Waals surface area contributed by atoms with Gasteiger partial charge in [-0.2, -0.15) is 0 Å². The number of rotatable bonds is 11. The number of carbonyl (C=O) groups excluding carboxylic acids is 1. The highest BCUT2D eigenvalue weighted by Gasteiger charge is 2.38. The highest BCUT2D eigenvalue weighted by Crippen LogP contribution is 2.33. The molecule has 1 heterocycles. The molecule has 0 bridgehead atoms. The fraction of sp³-hybridized carbons (Fsp3) is 0.480. The van der Waals surface area contributed by atoms with Crippen LogP contribution in [-0.2, 0) is 19.6 Å². The first kappa shape index (κ1) is 29.1. The Bertz CT molecular complexity index is 1170. The van der Waals surface area contributed by atoms with Gasteiger partial charge in [0.1, 0.15) is 29.9 Å². The van der Waals surface area contributed by atoms with Gasteiger partial charge in [-0.05, 0) is 76.7 Å². The molecule has 1 fully saturated rings. The number of halogens is 3. The number of amides is 1. The van der Waals surface area contributed by atoms with Crippen LogP contribution in [0.4, 0.5) is 8.78 Å². The van der Waals surface area contributed by atoms with Gasteiger partial charge in [-0.3, -0.25) is 4.79 Å². The Balaban J connectivity index is 1.75. The van der Waals surface area contributed by atoms with Crippen molar-refractivity contribution in [2.24, 2.45) is 0 Å². The van der Waals surface area contributed by atoms with Gasteiger partial charge in [-0.25, -0.2) is 21.9 Å². The van der Waals surface area contributed by atoms with E-state index >= 15 is 4.39 Å². The zero-order chi connectivity index (χ0) is 27.2. The molecule has 8 nitrogen and oxygen atoms in total. The monoisotopic (exact) mass is 560 g/mol. The first-order valence-corrected chi connectivity index (χ1v) is 13.7. The van der Waals surface area contributed by atoms with Gasteiger partial charge in [0.2, 0.25) is 0 Å². The number of ether oxygens (including phenoxy) is 3. The molecule has 204 valence electrons. The average molecular weight is 561 g/mol. The van der Waals surface area contributed by atoms with E-state index in [4.69, 9.17) is 25.8 Å². The van der Waals surface area contributed by atoms with Crippen molar-refractivity contribution in [3.05, 3.63) is 53.1 Å². The SMILES string of the molecule is CN(C)CC[C@H](COc1ccc(F)cc1)Oc1c(F)cc(S(=O)(=O)NC(=O)[C@@]2(C)CCCCO2)cc1Cl. The summed E-state index contributed by atoms with van der Waals surface area (Å²) in [6.07, 6.45) is 1.63. The van der Waals surface area contributed by atoms with E-state index in [-0.39, 0.29) is 17.4 Å². The molecule has 2 atom stereocenters. The minimum Gasteiger partial charge on any atom is -0.490 e. The average Bonchev–Trinajstić information content (AvgIpc) is 2.83. The molecule has 37 heavy (non-hydrogen) atoms. The lowest BCUT2D eigenvalue weighted by molar-refractivity contribution is -0.148. The lowest BCUT2D eigenvalue weighted by Crippen LogP contribution is -2.50. The molecular formula is C25H31ClF2N2O6S. The van der Waals surface area contributed by atoms with E-state index in [0.717, 1.165) is 25.0 Å². The topological polar surface area (TPSA) is 94.2 Å². The maximum atomic E-state index is 15.1. The first-order valence-electron chi connectivity index (χ1n) is 11.8. The van der Waals surface area contributed by atoms with Crippen molar-refractivity contribution < 1.29 is 36.2 Å². The van der Waals surface area contributed by atoms with Gasteiger partial charge in [0.25, 0.3) is 15.9 Å². The summed E-state index contributed by atoms with van der Waals surface area (Å²) in [6.45, 7) is 2.44. The fourth-order valence-electron chi connectivity index (χ4n) is 3.67. The van der Waals surface area contributed by atoms with E-state index in [1.54, 1.807) is 0 Å². The normalized spacial score (nSPS) is 18.9. The van der Waals surface area contributed by atoms with Crippen molar-refractivity contribution in [3.63, 3.8) is 0 Å². The van der Waals surface area contributed by atoms with E-state index in [9.17, 15) is 17.6 Å². The minimum absolute atomic E-state index is 0.00390. The standard InChI is InChI=1S/C25H31ClF2N2O6S/c1-25(11-4-5-13-35-25)24(31)29-37(32,33)20-14-21(26)23(22(28)15-20)36-19(10-12-30(2)3)16-34-18-8-6-17(27)7-9-18/h6-9,14-15,19H,4-5,10-13,16H2,1-3H3,(H,29,31)/t19-,25-/m1/s1. The largest absolute Gasteiger partial charge is 0.490 e. The van der Waals surface area contributed by atoms with Gasteiger partial charge in [0, 0.05) is 19.6 Å². The molecule has 1 amide bonds. The van der Waals surface area contributed by atoms with Gasteiger partial charge >= 0.3 is 0 Å². The second-order valence-electron chi connectivity index (χ2n) is 9.28. The zero-order valence-corrected chi connectivity index (χ0v) is 22.5. The Hall–Kier alpha value is -2.47. The van der Waals surface area contributed by atoms with Crippen molar-refractivity contribution in [3.8, 4) is 11.5 Å². The number of hydrogen-bond acceptors (Lipinski definition) is 7. The van der Waals surface area contributed by atoms with Crippen LogP contribution in [0, 0.1) is 11.6 Å². The third-order valence-electron chi connectivity index (χ3n) is 5.89. The summed E-state index contributed by atoms with van der Waals surface area (Å²) in [4.78, 5) is 14.0. The molecule has 1 saturated heterocycles. The van der Waals surface area contributed by atoms with Crippen LogP contribution in [0.5, 0.6) is 11.5 Å². The Labute approximate surface area is 220 Å². The summed E-state index contributed by atoms with van der Waals surface area (Å²) in [5.74, 6) is -2.20. The predicted octanol–water partition coefficient (Wildman–Crippen LogP) is 4.16. The van der Waals surface area contributed by atoms with Crippen LogP contribution in [0.3, 0.4) is 0 Å². The van der Waals surface area contributed by atoms with E-state index in [1.807, 2.05) is 23.7 Å². The molecule has 0 unspecified atom stereocenters. The molecule has 0 saturated carbocycles. The summed E-state index contributed by atoms with van der Waals surface area (Å²) in [6, 6.07) is 7.17. The number of carbonyl (C=O) groups is 1. The molecule has 12 heteroatoms. The van der Waals surface area contributed by atoms with Crippen LogP contribution in [-0.4, -0.2) is 64.8 Å². The summed E-state index contributed by atoms with van der Waals surface area (Å²) in [5.41, 5.74) is -1.29. The molecule has 2 aromatic rings. The molecule has 0 radical (unpaired) electrons. The van der Waals surface area contributed by atoms with Crippen LogP contribution >= 0.6 is 11.6 Å². The molecule has 1 aliphatic rings. The summed E-state index contributed by atoms with van der Waals surface area (Å²) < 4.78 is 72.8. The van der Waals surface area contributed by atoms with E-state index in [2.05, 4.69) is 0 Å². The third kappa shape index (κ3) is 8.00. The van der Waals surface area contributed by atoms with Gasteiger partial charge in [-0.1, -0.05) is 11.6 Å². The first-order chi connectivity index (χ1) is 17.4. The smallest absolute Gasteiger partial charge is 0.265 e. The van der Waals surface area contributed by atoms with Crippen LogP contribution in [0.1, 0.15) is 32.6 Å². The quantitative estimate of drug-likeness (QED) is 0.441. The number of benzene rings is 2. The van der Waals surface area contributed by atoms with E-state index in [1.165, 1.54) is 31.2 Å². The van der Waals surface area contributed by atoms with Crippen molar-refractivity contribution in [2.45, 2.75) is 49.2 Å². The number of nitrogens with zero attached hydrogens (tertiary/aromatic N) is 1. The van der Waals surface area contributed by atoms with Gasteiger partial charge < -0.3 is 19.1 Å². The second kappa shape index (κ2) is 12.4. The van der Waals surface area contributed by atoms with Gasteiger partial charge in [0.05, 0.1) is 9.92 Å². The van der Waals surface area contributed by atoms with Crippen LogP contribution in [0.2, 0.25) is 5.02 Å². The fourth-order valence-corrected chi connectivity index (χ4v) is 5.10. The van der Waals surface area contributed by atoms with Gasteiger partial charge in [-0.15, -0.1) is 0 Å². The summed E-state index contributed by atoms with van der Waals surface area (Å²) in [7, 11) is -0.711. The molecule has 1 aliphatic heterocycles. The molecule has 2 aromatic carbocycles. The lowest BCUT2D eigenvalue weighted by Gasteiger charge is -2.32. The molecule has 1 N–H and O–H groups in total. The van der Waals surface area contributed by atoms with Crippen molar-refractivity contribution in [1.82, 2.24) is 9.62 Å². The van der Waals surface area contributed by atoms with E-state index < -0.39 is 44.2 Å². The van der Waals surface area contributed by atoms with Crippen LogP contribution in [0.15, 0.2) is 41.3 Å². The minimum atomic E-state index is -4.43. The van der Waals surface area contributed by atoms with Crippen LogP contribution < -0.4 is 14.2 Å². The predicted molar refractivity (Wildman–Crippen MR) is 134 cm³/mol. The Kier molecular flexibility index (Phi) is 9.74. The molecule has 3 rings (SSSR count). The maximum Gasteiger partial charge on any atom is 0.265 e. The third-order valence-corrected chi connectivity index (χ3v) is 7.48. The molecule has 0 aromatic heterocycles. The van der Waals surface area contributed by atoms with E-state index in [0.29, 0.717) is 31.7 Å². The lowest BCUT2D eigenvalue weighted by atomic mass is 9.95. The Morgan fingerprint density at radius 2 is 1.92 bits per heavy atom.